The minimum Gasteiger partial charge on any atom is -0.455 e. The Hall–Kier alpha value is -2.73. The van der Waals surface area contributed by atoms with Crippen LogP contribution < -0.4 is 5.32 Å². The number of nitrogens with one attached hydrogen (secondary N) is 1. The SMILES string of the molecule is CC(C)NC(=O)COC(=O)[C@@](C)(Cc1nc2ccccc2s1)c1ccccc1. The Morgan fingerprint density at radius 3 is 2.46 bits per heavy atom. The Bertz CT molecular complexity index is 935. The Morgan fingerprint density at radius 2 is 1.79 bits per heavy atom. The zero-order chi connectivity index (χ0) is 20.1. The summed E-state index contributed by atoms with van der Waals surface area (Å²) in [4.78, 5) is 29.6. The molecule has 0 spiro atoms. The van der Waals surface area contributed by atoms with Gasteiger partial charge in [0.25, 0.3) is 5.91 Å². The number of thiazole rings is 1. The molecule has 0 aliphatic heterocycles. The molecule has 1 atom stereocenters. The van der Waals surface area contributed by atoms with Crippen molar-refractivity contribution in [2.75, 3.05) is 6.61 Å². The number of nitrogens with zero attached hydrogens (tertiary/aromatic N) is 1. The molecule has 0 saturated carbocycles. The Morgan fingerprint density at radius 1 is 1.11 bits per heavy atom. The molecule has 1 heterocycles. The first-order chi connectivity index (χ1) is 13.4. The number of ether oxygens (including phenoxy) is 1. The minimum absolute atomic E-state index is 0.00513. The molecule has 1 amide bonds. The Balaban J connectivity index is 1.85. The molecule has 0 saturated heterocycles. The number of carbonyl (C=O) groups is 2. The van der Waals surface area contributed by atoms with Gasteiger partial charge >= 0.3 is 5.97 Å². The van der Waals surface area contributed by atoms with E-state index in [4.69, 9.17) is 4.74 Å². The number of hydrogen-bond donors (Lipinski definition) is 1. The van der Waals surface area contributed by atoms with E-state index < -0.39 is 11.4 Å². The first-order valence-electron chi connectivity index (χ1n) is 9.25. The zero-order valence-corrected chi connectivity index (χ0v) is 17.1. The van der Waals surface area contributed by atoms with E-state index in [1.807, 2.05) is 75.4 Å². The average Bonchev–Trinajstić information content (AvgIpc) is 3.08. The van der Waals surface area contributed by atoms with Crippen molar-refractivity contribution < 1.29 is 14.3 Å². The van der Waals surface area contributed by atoms with Gasteiger partial charge in [0, 0.05) is 12.5 Å². The predicted molar refractivity (Wildman–Crippen MR) is 111 cm³/mol. The van der Waals surface area contributed by atoms with Crippen LogP contribution in [0.5, 0.6) is 0 Å². The summed E-state index contributed by atoms with van der Waals surface area (Å²) in [6, 6.07) is 17.4. The van der Waals surface area contributed by atoms with E-state index >= 15 is 0 Å². The maximum Gasteiger partial charge on any atom is 0.317 e. The maximum absolute atomic E-state index is 13.0. The molecule has 0 unspecified atom stereocenters. The van der Waals surface area contributed by atoms with E-state index in [2.05, 4.69) is 10.3 Å². The van der Waals surface area contributed by atoms with Crippen molar-refractivity contribution in [3.8, 4) is 0 Å². The lowest BCUT2D eigenvalue weighted by atomic mass is 9.79. The lowest BCUT2D eigenvalue weighted by Crippen LogP contribution is -2.40. The summed E-state index contributed by atoms with van der Waals surface area (Å²) in [5.41, 5.74) is 0.818. The van der Waals surface area contributed by atoms with Crippen LogP contribution in [-0.4, -0.2) is 29.5 Å². The van der Waals surface area contributed by atoms with Crippen LogP contribution in [0.3, 0.4) is 0 Å². The fourth-order valence-electron chi connectivity index (χ4n) is 3.05. The van der Waals surface area contributed by atoms with Crippen molar-refractivity contribution in [3.63, 3.8) is 0 Å². The van der Waals surface area contributed by atoms with Gasteiger partial charge in [-0.1, -0.05) is 42.5 Å². The summed E-state index contributed by atoms with van der Waals surface area (Å²) in [5, 5.41) is 3.59. The largest absolute Gasteiger partial charge is 0.455 e. The van der Waals surface area contributed by atoms with E-state index in [0.717, 1.165) is 20.8 Å². The Labute approximate surface area is 168 Å². The smallest absolute Gasteiger partial charge is 0.317 e. The van der Waals surface area contributed by atoms with Crippen molar-refractivity contribution in [3.05, 3.63) is 65.2 Å². The van der Waals surface area contributed by atoms with E-state index in [1.54, 1.807) is 11.3 Å². The normalized spacial score (nSPS) is 13.3. The molecule has 1 aromatic heterocycles. The van der Waals surface area contributed by atoms with Crippen molar-refractivity contribution in [2.45, 2.75) is 38.6 Å². The van der Waals surface area contributed by atoms with Crippen LogP contribution in [0.25, 0.3) is 10.2 Å². The highest BCUT2D eigenvalue weighted by Gasteiger charge is 2.38. The summed E-state index contributed by atoms with van der Waals surface area (Å²) < 4.78 is 6.48. The summed E-state index contributed by atoms with van der Waals surface area (Å²) in [7, 11) is 0. The lowest BCUT2D eigenvalue weighted by molar-refractivity contribution is -0.154. The molecule has 0 radical (unpaired) electrons. The standard InChI is InChI=1S/C22H24N2O3S/c1-15(2)23-19(25)14-27-21(26)22(3,16-9-5-4-6-10-16)13-20-24-17-11-7-8-12-18(17)28-20/h4-12,15H,13-14H2,1-3H3,(H,23,25)/t22-/m0/s1. The number of aromatic nitrogens is 1. The third-order valence-corrected chi connectivity index (χ3v) is 5.52. The van der Waals surface area contributed by atoms with Gasteiger partial charge in [0.1, 0.15) is 0 Å². The van der Waals surface area contributed by atoms with Gasteiger partial charge in [-0.15, -0.1) is 11.3 Å². The van der Waals surface area contributed by atoms with Crippen LogP contribution in [-0.2, 0) is 26.2 Å². The number of benzene rings is 2. The van der Waals surface area contributed by atoms with Crippen molar-refractivity contribution in [2.24, 2.45) is 0 Å². The molecule has 0 aliphatic rings. The van der Waals surface area contributed by atoms with Gasteiger partial charge in [-0.25, -0.2) is 4.98 Å². The first kappa shape index (κ1) is 20.0. The van der Waals surface area contributed by atoms with Gasteiger partial charge in [0.05, 0.1) is 20.6 Å². The molecular weight excluding hydrogens is 372 g/mol. The van der Waals surface area contributed by atoms with Crippen LogP contribution in [0.15, 0.2) is 54.6 Å². The second-order valence-corrected chi connectivity index (χ2v) is 8.36. The lowest BCUT2D eigenvalue weighted by Gasteiger charge is -2.27. The number of para-hydroxylation sites is 1. The van der Waals surface area contributed by atoms with Gasteiger partial charge in [-0.2, -0.15) is 0 Å². The van der Waals surface area contributed by atoms with Gasteiger partial charge in [-0.05, 0) is 38.5 Å². The van der Waals surface area contributed by atoms with Crippen molar-refractivity contribution in [1.82, 2.24) is 10.3 Å². The van der Waals surface area contributed by atoms with Crippen molar-refractivity contribution >= 4 is 33.4 Å². The van der Waals surface area contributed by atoms with Crippen LogP contribution in [0, 0.1) is 0 Å². The second kappa shape index (κ2) is 8.52. The van der Waals surface area contributed by atoms with E-state index in [0.29, 0.717) is 6.42 Å². The molecule has 2 aromatic carbocycles. The molecule has 28 heavy (non-hydrogen) atoms. The highest BCUT2D eigenvalue weighted by molar-refractivity contribution is 7.18. The topological polar surface area (TPSA) is 68.3 Å². The second-order valence-electron chi connectivity index (χ2n) is 7.25. The number of esters is 1. The van der Waals surface area contributed by atoms with Gasteiger partial charge < -0.3 is 10.1 Å². The fourth-order valence-corrected chi connectivity index (χ4v) is 4.17. The van der Waals surface area contributed by atoms with Gasteiger partial charge in [0.15, 0.2) is 6.61 Å². The van der Waals surface area contributed by atoms with Crippen molar-refractivity contribution in [1.29, 1.82) is 0 Å². The quantitative estimate of drug-likeness (QED) is 0.616. The van der Waals surface area contributed by atoms with E-state index in [-0.39, 0.29) is 18.6 Å². The third kappa shape index (κ3) is 4.57. The van der Waals surface area contributed by atoms with Gasteiger partial charge in [0.2, 0.25) is 0 Å². The number of carbonyl (C=O) groups excluding carboxylic acids is 2. The molecule has 3 aromatic rings. The highest BCUT2D eigenvalue weighted by Crippen LogP contribution is 2.33. The predicted octanol–water partition coefficient (Wildman–Crippen LogP) is 3.86. The minimum atomic E-state index is -0.937. The number of hydrogen-bond acceptors (Lipinski definition) is 5. The molecule has 6 heteroatoms. The third-order valence-electron chi connectivity index (χ3n) is 4.49. The summed E-state index contributed by atoms with van der Waals surface area (Å²) in [6.07, 6.45) is 0.404. The molecule has 5 nitrogen and oxygen atoms in total. The van der Waals surface area contributed by atoms with Crippen LogP contribution in [0.2, 0.25) is 0 Å². The molecule has 146 valence electrons. The van der Waals surface area contributed by atoms with Crippen LogP contribution >= 0.6 is 11.3 Å². The molecule has 0 fully saturated rings. The zero-order valence-electron chi connectivity index (χ0n) is 16.3. The summed E-state index contributed by atoms with van der Waals surface area (Å²) in [6.45, 7) is 5.28. The molecule has 1 N–H and O–H groups in total. The highest BCUT2D eigenvalue weighted by atomic mass is 32.1. The number of rotatable bonds is 7. The Kier molecular flexibility index (Phi) is 6.09. The molecule has 0 aliphatic carbocycles. The monoisotopic (exact) mass is 396 g/mol. The van der Waals surface area contributed by atoms with Gasteiger partial charge in [-0.3, -0.25) is 9.59 Å². The van der Waals surface area contributed by atoms with E-state index in [1.165, 1.54) is 0 Å². The fraction of sp³-hybridized carbons (Fsp3) is 0.318. The van der Waals surface area contributed by atoms with E-state index in [9.17, 15) is 9.59 Å². The summed E-state index contributed by atoms with van der Waals surface area (Å²) >= 11 is 1.57. The molecular formula is C22H24N2O3S. The average molecular weight is 397 g/mol. The number of amides is 1. The molecule has 0 bridgehead atoms. The first-order valence-corrected chi connectivity index (χ1v) is 10.1. The van der Waals surface area contributed by atoms with Crippen LogP contribution in [0.1, 0.15) is 31.3 Å². The van der Waals surface area contributed by atoms with Crippen LogP contribution in [0.4, 0.5) is 0 Å². The summed E-state index contributed by atoms with van der Waals surface area (Å²) in [5.74, 6) is -0.740. The maximum atomic E-state index is 13.0. The number of fused-ring (bicyclic) bond motifs is 1. The molecule has 3 rings (SSSR count).